The Bertz CT molecular complexity index is 646. The van der Waals surface area contributed by atoms with Crippen molar-refractivity contribution in [3.63, 3.8) is 0 Å². The third-order valence-corrected chi connectivity index (χ3v) is 3.31. The largest absolute Gasteiger partial charge is 0.382 e. The molecule has 20 heavy (non-hydrogen) atoms. The van der Waals surface area contributed by atoms with Gasteiger partial charge in [-0.1, -0.05) is 35.3 Å². The fraction of sp³-hybridized carbons (Fsp3) is 0.143. The summed E-state index contributed by atoms with van der Waals surface area (Å²) in [6, 6.07) is 8.87. The molecule has 1 heterocycles. The topological polar surface area (TPSA) is 59.2 Å². The van der Waals surface area contributed by atoms with Gasteiger partial charge in [-0.05, 0) is 23.8 Å². The van der Waals surface area contributed by atoms with Crippen molar-refractivity contribution in [2.45, 2.75) is 6.54 Å². The Hall–Kier alpha value is -1.78. The Morgan fingerprint density at radius 2 is 2.10 bits per heavy atom. The molecule has 2 N–H and O–H groups in total. The van der Waals surface area contributed by atoms with E-state index >= 15 is 0 Å². The van der Waals surface area contributed by atoms with Crippen LogP contribution in [-0.4, -0.2) is 22.8 Å². The molecule has 1 amide bonds. The Labute approximate surface area is 127 Å². The van der Waals surface area contributed by atoms with Crippen molar-refractivity contribution < 1.29 is 4.79 Å². The van der Waals surface area contributed by atoms with E-state index in [0.717, 1.165) is 5.56 Å². The van der Waals surface area contributed by atoms with Gasteiger partial charge >= 0.3 is 0 Å². The average Bonchev–Trinajstić information content (AvgIpc) is 2.41. The number of anilines is 1. The SMILES string of the molecule is CN(Cc1cccc(Cl)c1)C(=O)c1cnc(N)c(Cl)c1. The molecule has 1 aromatic carbocycles. The molecular weight excluding hydrogens is 297 g/mol. The van der Waals surface area contributed by atoms with Gasteiger partial charge in [0.15, 0.2) is 0 Å². The number of hydrogen-bond acceptors (Lipinski definition) is 3. The Balaban J connectivity index is 2.14. The van der Waals surface area contributed by atoms with Crippen molar-refractivity contribution >= 4 is 34.9 Å². The lowest BCUT2D eigenvalue weighted by atomic mass is 10.2. The van der Waals surface area contributed by atoms with E-state index in [-0.39, 0.29) is 16.7 Å². The highest BCUT2D eigenvalue weighted by molar-refractivity contribution is 6.33. The number of carbonyl (C=O) groups excluding carboxylic acids is 1. The molecular formula is C14H13Cl2N3O. The number of nitrogen functional groups attached to an aromatic ring is 1. The number of hydrogen-bond donors (Lipinski definition) is 1. The maximum Gasteiger partial charge on any atom is 0.255 e. The fourth-order valence-electron chi connectivity index (χ4n) is 1.77. The quantitative estimate of drug-likeness (QED) is 0.947. The highest BCUT2D eigenvalue weighted by atomic mass is 35.5. The average molecular weight is 310 g/mol. The molecule has 0 aliphatic carbocycles. The first-order valence-corrected chi connectivity index (χ1v) is 6.64. The summed E-state index contributed by atoms with van der Waals surface area (Å²) >= 11 is 11.8. The molecule has 0 spiro atoms. The van der Waals surface area contributed by atoms with Crippen LogP contribution >= 0.6 is 23.2 Å². The van der Waals surface area contributed by atoms with Crippen LogP contribution in [0.15, 0.2) is 36.5 Å². The molecule has 0 bridgehead atoms. The Morgan fingerprint density at radius 3 is 2.75 bits per heavy atom. The van der Waals surface area contributed by atoms with Crippen molar-refractivity contribution in [3.8, 4) is 0 Å². The summed E-state index contributed by atoms with van der Waals surface area (Å²) in [6.07, 6.45) is 1.41. The van der Waals surface area contributed by atoms with Gasteiger partial charge < -0.3 is 10.6 Å². The van der Waals surface area contributed by atoms with Gasteiger partial charge in [0.1, 0.15) is 5.82 Å². The second kappa shape index (κ2) is 6.11. The summed E-state index contributed by atoms with van der Waals surface area (Å²) in [4.78, 5) is 17.7. The molecule has 0 aliphatic heterocycles. The number of nitrogens with two attached hydrogens (primary N) is 1. The van der Waals surface area contributed by atoms with Crippen LogP contribution in [-0.2, 0) is 6.54 Å². The number of aromatic nitrogens is 1. The standard InChI is InChI=1S/C14H13Cl2N3O/c1-19(8-9-3-2-4-11(15)5-9)14(20)10-6-12(16)13(17)18-7-10/h2-7H,8H2,1H3,(H2,17,18). The normalized spacial score (nSPS) is 10.3. The smallest absolute Gasteiger partial charge is 0.255 e. The zero-order valence-corrected chi connectivity index (χ0v) is 12.3. The molecule has 0 fully saturated rings. The lowest BCUT2D eigenvalue weighted by molar-refractivity contribution is 0.0784. The van der Waals surface area contributed by atoms with Crippen LogP contribution in [0.3, 0.4) is 0 Å². The minimum absolute atomic E-state index is 0.181. The van der Waals surface area contributed by atoms with Gasteiger partial charge in [0.25, 0.3) is 5.91 Å². The molecule has 2 rings (SSSR count). The summed E-state index contributed by atoms with van der Waals surface area (Å²) < 4.78 is 0. The monoisotopic (exact) mass is 309 g/mol. The van der Waals surface area contributed by atoms with Crippen molar-refractivity contribution in [2.75, 3.05) is 12.8 Å². The summed E-state index contributed by atoms with van der Waals surface area (Å²) in [5, 5.41) is 0.910. The molecule has 2 aromatic rings. The van der Waals surface area contributed by atoms with Crippen LogP contribution in [0.25, 0.3) is 0 Å². The van der Waals surface area contributed by atoms with E-state index in [2.05, 4.69) is 4.98 Å². The van der Waals surface area contributed by atoms with Crippen molar-refractivity contribution in [2.24, 2.45) is 0 Å². The number of carbonyl (C=O) groups is 1. The summed E-state index contributed by atoms with van der Waals surface area (Å²) in [7, 11) is 1.70. The molecule has 6 heteroatoms. The molecule has 104 valence electrons. The van der Waals surface area contributed by atoms with Gasteiger partial charge in [0.05, 0.1) is 10.6 Å². The number of nitrogens with zero attached hydrogens (tertiary/aromatic N) is 2. The molecule has 1 aromatic heterocycles. The highest BCUT2D eigenvalue weighted by Crippen LogP contribution is 2.18. The van der Waals surface area contributed by atoms with E-state index in [0.29, 0.717) is 17.1 Å². The van der Waals surface area contributed by atoms with Crippen molar-refractivity contribution in [1.29, 1.82) is 0 Å². The first-order chi connectivity index (χ1) is 9.47. The molecule has 0 saturated carbocycles. The second-order valence-corrected chi connectivity index (χ2v) is 5.23. The van der Waals surface area contributed by atoms with E-state index in [4.69, 9.17) is 28.9 Å². The van der Waals surface area contributed by atoms with Gasteiger partial charge in [-0.3, -0.25) is 4.79 Å². The van der Waals surface area contributed by atoms with Crippen LogP contribution < -0.4 is 5.73 Å². The third kappa shape index (κ3) is 3.40. The number of amides is 1. The first-order valence-electron chi connectivity index (χ1n) is 5.88. The van der Waals surface area contributed by atoms with Crippen LogP contribution in [0.2, 0.25) is 10.0 Å². The lowest BCUT2D eigenvalue weighted by Crippen LogP contribution is -2.26. The van der Waals surface area contributed by atoms with Gasteiger partial charge in [0, 0.05) is 24.8 Å². The summed E-state index contributed by atoms with van der Waals surface area (Å²) in [5.41, 5.74) is 6.87. The first kappa shape index (κ1) is 14.6. The molecule has 0 aliphatic rings. The fourth-order valence-corrected chi connectivity index (χ4v) is 2.15. The number of benzene rings is 1. The van der Waals surface area contributed by atoms with Gasteiger partial charge in [-0.25, -0.2) is 4.98 Å². The summed E-state index contributed by atoms with van der Waals surface area (Å²) in [6.45, 7) is 0.446. The minimum atomic E-state index is -0.181. The molecule has 0 radical (unpaired) electrons. The third-order valence-electron chi connectivity index (χ3n) is 2.77. The number of rotatable bonds is 3. The van der Waals surface area contributed by atoms with Crippen LogP contribution in [0.5, 0.6) is 0 Å². The molecule has 0 unspecified atom stereocenters. The van der Waals surface area contributed by atoms with E-state index in [1.807, 2.05) is 18.2 Å². The highest BCUT2D eigenvalue weighted by Gasteiger charge is 2.14. The minimum Gasteiger partial charge on any atom is -0.382 e. The van der Waals surface area contributed by atoms with E-state index in [9.17, 15) is 4.79 Å². The molecule has 0 saturated heterocycles. The van der Waals surface area contributed by atoms with Crippen molar-refractivity contribution in [3.05, 3.63) is 57.7 Å². The maximum absolute atomic E-state index is 12.3. The second-order valence-electron chi connectivity index (χ2n) is 4.38. The summed E-state index contributed by atoms with van der Waals surface area (Å²) in [5.74, 6) is 0.0279. The number of halogens is 2. The number of pyridine rings is 1. The van der Waals surface area contributed by atoms with E-state index in [1.54, 1.807) is 18.0 Å². The predicted molar refractivity (Wildman–Crippen MR) is 80.9 cm³/mol. The molecule has 0 atom stereocenters. The maximum atomic E-state index is 12.3. The zero-order valence-electron chi connectivity index (χ0n) is 10.8. The van der Waals surface area contributed by atoms with Crippen molar-refractivity contribution in [1.82, 2.24) is 9.88 Å². The van der Waals surface area contributed by atoms with Gasteiger partial charge in [-0.2, -0.15) is 0 Å². The Kier molecular flexibility index (Phi) is 4.47. The van der Waals surface area contributed by atoms with E-state index in [1.165, 1.54) is 12.3 Å². The predicted octanol–water partition coefficient (Wildman–Crippen LogP) is 3.24. The lowest BCUT2D eigenvalue weighted by Gasteiger charge is -2.17. The Morgan fingerprint density at radius 1 is 1.35 bits per heavy atom. The van der Waals surface area contributed by atoms with Crippen LogP contribution in [0, 0.1) is 0 Å². The van der Waals surface area contributed by atoms with Crippen LogP contribution in [0.4, 0.5) is 5.82 Å². The van der Waals surface area contributed by atoms with Crippen LogP contribution in [0.1, 0.15) is 15.9 Å². The van der Waals surface area contributed by atoms with Gasteiger partial charge in [-0.15, -0.1) is 0 Å². The van der Waals surface area contributed by atoms with E-state index < -0.39 is 0 Å². The zero-order chi connectivity index (χ0) is 14.7. The van der Waals surface area contributed by atoms with Gasteiger partial charge in [0.2, 0.25) is 0 Å². The molecule has 4 nitrogen and oxygen atoms in total.